The van der Waals surface area contributed by atoms with Gasteiger partial charge < -0.3 is 5.11 Å². The molecule has 2 aromatic heterocycles. The number of aromatic amines is 1. The van der Waals surface area contributed by atoms with Gasteiger partial charge in [0.15, 0.2) is 0 Å². The topological polar surface area (TPSA) is 91.8 Å². The summed E-state index contributed by atoms with van der Waals surface area (Å²) in [6, 6.07) is 1.88. The molecule has 0 unspecified atom stereocenters. The van der Waals surface area contributed by atoms with E-state index in [1.165, 1.54) is 0 Å². The van der Waals surface area contributed by atoms with E-state index in [9.17, 15) is 4.79 Å². The van der Waals surface area contributed by atoms with Crippen LogP contribution in [0.5, 0.6) is 0 Å². The number of pyridine rings is 1. The molecule has 16 heavy (non-hydrogen) atoms. The fourth-order valence-corrected chi connectivity index (χ4v) is 2.04. The number of hydrogen-bond acceptors (Lipinski definition) is 4. The third-order valence-electron chi connectivity index (χ3n) is 3.13. The maximum absolute atomic E-state index is 10.8. The van der Waals surface area contributed by atoms with Gasteiger partial charge in [-0.2, -0.15) is 10.3 Å². The number of rotatable bonds is 3. The third kappa shape index (κ3) is 1.34. The molecule has 1 aliphatic rings. The SMILES string of the molecule is O=C(O)CC1(c2cnc3n[nH]nc3c2)CC1. The quantitative estimate of drug-likeness (QED) is 0.797. The number of carbonyl (C=O) groups is 1. The van der Waals surface area contributed by atoms with Crippen molar-refractivity contribution in [2.45, 2.75) is 24.7 Å². The zero-order chi connectivity index (χ0) is 11.2. The summed E-state index contributed by atoms with van der Waals surface area (Å²) in [5.41, 5.74) is 1.99. The van der Waals surface area contributed by atoms with Crippen molar-refractivity contribution >= 4 is 17.1 Å². The summed E-state index contributed by atoms with van der Waals surface area (Å²) in [5, 5.41) is 19.2. The molecule has 3 rings (SSSR count). The molecule has 0 radical (unpaired) electrons. The number of H-pyrrole nitrogens is 1. The van der Waals surface area contributed by atoms with Crippen molar-refractivity contribution in [3.8, 4) is 0 Å². The van der Waals surface area contributed by atoms with Crippen molar-refractivity contribution in [2.75, 3.05) is 0 Å². The van der Waals surface area contributed by atoms with Gasteiger partial charge >= 0.3 is 5.97 Å². The Morgan fingerprint density at radius 1 is 1.50 bits per heavy atom. The van der Waals surface area contributed by atoms with Crippen molar-refractivity contribution in [3.05, 3.63) is 17.8 Å². The maximum Gasteiger partial charge on any atom is 0.304 e. The molecule has 0 bridgehead atoms. The van der Waals surface area contributed by atoms with Gasteiger partial charge in [0.25, 0.3) is 0 Å². The monoisotopic (exact) mass is 218 g/mol. The van der Waals surface area contributed by atoms with Gasteiger partial charge in [0.05, 0.1) is 6.42 Å². The Balaban J connectivity index is 2.02. The Morgan fingerprint density at radius 3 is 3.00 bits per heavy atom. The van der Waals surface area contributed by atoms with Gasteiger partial charge in [0.1, 0.15) is 5.52 Å². The molecule has 1 fully saturated rings. The van der Waals surface area contributed by atoms with Crippen LogP contribution in [0.3, 0.4) is 0 Å². The van der Waals surface area contributed by atoms with E-state index in [-0.39, 0.29) is 11.8 Å². The fourth-order valence-electron chi connectivity index (χ4n) is 2.04. The standard InChI is InChI=1S/C10H10N4O2/c15-8(16)4-10(1-2-10)6-3-7-9(11-5-6)13-14-12-7/h3,5H,1-2,4H2,(H,15,16)(H,11,12,13,14). The van der Waals surface area contributed by atoms with Crippen molar-refractivity contribution < 1.29 is 9.90 Å². The zero-order valence-electron chi connectivity index (χ0n) is 8.47. The maximum atomic E-state index is 10.8. The van der Waals surface area contributed by atoms with Crippen molar-refractivity contribution in [1.82, 2.24) is 20.4 Å². The van der Waals surface area contributed by atoms with E-state index in [1.54, 1.807) is 6.20 Å². The molecular weight excluding hydrogens is 208 g/mol. The van der Waals surface area contributed by atoms with Crippen molar-refractivity contribution in [2.24, 2.45) is 0 Å². The highest BCUT2D eigenvalue weighted by atomic mass is 16.4. The average Bonchev–Trinajstić information content (AvgIpc) is 2.87. The highest BCUT2D eigenvalue weighted by Crippen LogP contribution is 2.51. The van der Waals surface area contributed by atoms with E-state index in [0.717, 1.165) is 18.4 Å². The Kier molecular flexibility index (Phi) is 1.74. The number of aliphatic carboxylic acids is 1. The molecule has 0 aromatic carbocycles. The van der Waals surface area contributed by atoms with Gasteiger partial charge in [-0.3, -0.25) is 4.79 Å². The Labute approximate surface area is 90.7 Å². The first-order valence-electron chi connectivity index (χ1n) is 5.08. The number of nitrogens with one attached hydrogen (secondary N) is 1. The lowest BCUT2D eigenvalue weighted by Gasteiger charge is -2.11. The number of carboxylic acids is 1. The fraction of sp³-hybridized carbons (Fsp3) is 0.400. The molecule has 6 heteroatoms. The van der Waals surface area contributed by atoms with E-state index < -0.39 is 5.97 Å². The van der Waals surface area contributed by atoms with E-state index in [4.69, 9.17) is 5.11 Å². The van der Waals surface area contributed by atoms with Gasteiger partial charge in [0, 0.05) is 11.6 Å². The molecule has 0 spiro atoms. The normalized spacial score (nSPS) is 17.5. The largest absolute Gasteiger partial charge is 0.481 e. The molecule has 2 heterocycles. The van der Waals surface area contributed by atoms with Crippen LogP contribution in [0, 0.1) is 0 Å². The van der Waals surface area contributed by atoms with Gasteiger partial charge in [0.2, 0.25) is 5.65 Å². The van der Waals surface area contributed by atoms with Crippen LogP contribution in [-0.4, -0.2) is 31.5 Å². The molecule has 1 saturated carbocycles. The van der Waals surface area contributed by atoms with E-state index >= 15 is 0 Å². The van der Waals surface area contributed by atoms with Gasteiger partial charge in [-0.25, -0.2) is 4.98 Å². The van der Waals surface area contributed by atoms with Crippen LogP contribution in [0.2, 0.25) is 0 Å². The highest BCUT2D eigenvalue weighted by Gasteiger charge is 2.46. The minimum atomic E-state index is -0.766. The van der Waals surface area contributed by atoms with Crippen LogP contribution in [0.15, 0.2) is 12.3 Å². The predicted molar refractivity (Wildman–Crippen MR) is 54.8 cm³/mol. The number of nitrogens with zero attached hydrogens (tertiary/aromatic N) is 3. The molecule has 1 aliphatic carbocycles. The summed E-state index contributed by atoms with van der Waals surface area (Å²) in [6.45, 7) is 0. The number of hydrogen-bond donors (Lipinski definition) is 2. The molecular formula is C10H10N4O2. The summed E-state index contributed by atoms with van der Waals surface area (Å²) in [6.07, 6.45) is 3.69. The Morgan fingerprint density at radius 2 is 2.31 bits per heavy atom. The minimum absolute atomic E-state index is 0.165. The number of aromatic nitrogens is 4. The first kappa shape index (κ1) is 9.26. The smallest absolute Gasteiger partial charge is 0.304 e. The van der Waals surface area contributed by atoms with E-state index in [2.05, 4.69) is 20.4 Å². The lowest BCUT2D eigenvalue weighted by Crippen LogP contribution is -2.13. The Bertz CT molecular complexity index is 559. The molecule has 2 N–H and O–H groups in total. The molecule has 6 nitrogen and oxygen atoms in total. The lowest BCUT2D eigenvalue weighted by atomic mass is 9.94. The van der Waals surface area contributed by atoms with Crippen LogP contribution >= 0.6 is 0 Å². The molecule has 82 valence electrons. The lowest BCUT2D eigenvalue weighted by molar-refractivity contribution is -0.137. The minimum Gasteiger partial charge on any atom is -0.481 e. The zero-order valence-corrected chi connectivity index (χ0v) is 8.47. The van der Waals surface area contributed by atoms with Crippen LogP contribution in [0.25, 0.3) is 11.2 Å². The highest BCUT2D eigenvalue weighted by molar-refractivity contribution is 5.73. The summed E-state index contributed by atoms with van der Waals surface area (Å²) in [7, 11) is 0. The Hall–Kier alpha value is -1.98. The first-order valence-corrected chi connectivity index (χ1v) is 5.08. The molecule has 0 amide bonds. The summed E-state index contributed by atoms with van der Waals surface area (Å²) in [5.74, 6) is -0.766. The van der Waals surface area contributed by atoms with Crippen LogP contribution < -0.4 is 0 Å². The molecule has 0 aliphatic heterocycles. The second-order valence-electron chi connectivity index (χ2n) is 4.24. The van der Waals surface area contributed by atoms with Crippen LogP contribution in [-0.2, 0) is 10.2 Å². The second kappa shape index (κ2) is 3.01. The third-order valence-corrected chi connectivity index (χ3v) is 3.13. The molecule has 0 atom stereocenters. The predicted octanol–water partition coefficient (Wildman–Crippen LogP) is 0.859. The molecule has 0 saturated heterocycles. The van der Waals surface area contributed by atoms with E-state index in [1.807, 2.05) is 6.07 Å². The number of carboxylic acid groups (broad SMARTS) is 1. The molecule has 2 aromatic rings. The summed E-state index contributed by atoms with van der Waals surface area (Å²) in [4.78, 5) is 14.9. The van der Waals surface area contributed by atoms with Crippen molar-refractivity contribution in [3.63, 3.8) is 0 Å². The van der Waals surface area contributed by atoms with Gasteiger partial charge in [-0.15, -0.1) is 5.10 Å². The van der Waals surface area contributed by atoms with Crippen LogP contribution in [0.1, 0.15) is 24.8 Å². The summed E-state index contributed by atoms with van der Waals surface area (Å²) < 4.78 is 0. The summed E-state index contributed by atoms with van der Waals surface area (Å²) >= 11 is 0. The van der Waals surface area contributed by atoms with E-state index in [0.29, 0.717) is 11.2 Å². The van der Waals surface area contributed by atoms with Crippen molar-refractivity contribution in [1.29, 1.82) is 0 Å². The first-order chi connectivity index (χ1) is 7.70. The second-order valence-corrected chi connectivity index (χ2v) is 4.24. The van der Waals surface area contributed by atoms with Gasteiger partial charge in [-0.1, -0.05) is 0 Å². The number of fused-ring (bicyclic) bond motifs is 1. The van der Waals surface area contributed by atoms with Crippen LogP contribution in [0.4, 0.5) is 0 Å². The van der Waals surface area contributed by atoms with Gasteiger partial charge in [-0.05, 0) is 24.5 Å². The average molecular weight is 218 g/mol.